The van der Waals surface area contributed by atoms with Gasteiger partial charge in [0, 0.05) is 28.4 Å². The molecule has 7 heteroatoms. The summed E-state index contributed by atoms with van der Waals surface area (Å²) in [6.07, 6.45) is -1.55. The van der Waals surface area contributed by atoms with Crippen LogP contribution in [0.15, 0.2) is 27.1 Å². The first-order valence-electron chi connectivity index (χ1n) is 6.28. The van der Waals surface area contributed by atoms with Crippen LogP contribution in [-0.2, 0) is 4.79 Å². The molecule has 1 unspecified atom stereocenters. The Labute approximate surface area is 128 Å². The lowest BCUT2D eigenvalue weighted by molar-refractivity contribution is -0.146. The van der Waals surface area contributed by atoms with Gasteiger partial charge in [-0.2, -0.15) is 0 Å². The quantitative estimate of drug-likeness (QED) is 0.762. The third-order valence-electron chi connectivity index (χ3n) is 3.09. The molecule has 2 aromatic rings. The molecular formula is C14H14BrNO5. The summed E-state index contributed by atoms with van der Waals surface area (Å²) in [4.78, 5) is 22.5. The first-order chi connectivity index (χ1) is 9.90. The lowest BCUT2D eigenvalue weighted by Crippen LogP contribution is -2.30. The molecule has 0 fully saturated rings. The van der Waals surface area contributed by atoms with Crippen LogP contribution < -0.4 is 5.32 Å². The molecule has 0 aliphatic carbocycles. The zero-order chi connectivity index (χ0) is 15.6. The van der Waals surface area contributed by atoms with Gasteiger partial charge >= 0.3 is 5.97 Å². The topological polar surface area (TPSA) is 99.8 Å². The van der Waals surface area contributed by atoms with Crippen molar-refractivity contribution in [2.45, 2.75) is 19.4 Å². The highest BCUT2D eigenvalue weighted by Gasteiger charge is 2.18. The number of aliphatic hydroxyl groups is 1. The Bertz CT molecular complexity index is 694. The van der Waals surface area contributed by atoms with Gasteiger partial charge in [-0.05, 0) is 25.1 Å². The lowest BCUT2D eigenvalue weighted by atomic mass is 10.1. The Morgan fingerprint density at radius 1 is 1.43 bits per heavy atom. The van der Waals surface area contributed by atoms with Gasteiger partial charge in [0.25, 0.3) is 5.91 Å². The number of carboxylic acid groups (broad SMARTS) is 1. The number of hydrogen-bond acceptors (Lipinski definition) is 4. The van der Waals surface area contributed by atoms with Crippen LogP contribution >= 0.6 is 15.9 Å². The van der Waals surface area contributed by atoms with Crippen molar-refractivity contribution in [3.05, 3.63) is 34.0 Å². The molecular weight excluding hydrogens is 342 g/mol. The van der Waals surface area contributed by atoms with Gasteiger partial charge in [0.15, 0.2) is 11.9 Å². The van der Waals surface area contributed by atoms with Crippen molar-refractivity contribution in [3.8, 4) is 0 Å². The summed E-state index contributed by atoms with van der Waals surface area (Å²) in [5, 5.41) is 21.0. The van der Waals surface area contributed by atoms with Crippen molar-refractivity contribution in [3.63, 3.8) is 0 Å². The van der Waals surface area contributed by atoms with Crippen molar-refractivity contribution < 1.29 is 24.2 Å². The van der Waals surface area contributed by atoms with E-state index in [1.54, 1.807) is 13.0 Å². The molecule has 0 aliphatic rings. The van der Waals surface area contributed by atoms with Gasteiger partial charge in [0.1, 0.15) is 5.58 Å². The summed E-state index contributed by atoms with van der Waals surface area (Å²) in [6, 6.07) is 5.44. The molecule has 1 aromatic heterocycles. The standard InChI is InChI=1S/C14H14BrNO5/c1-7-9-6-8(15)2-3-11(9)21-12(7)13(18)16-5-4-10(17)14(19)20/h2-3,6,10,17H,4-5H2,1H3,(H,16,18)(H,19,20). The van der Waals surface area contributed by atoms with Gasteiger partial charge in [-0.15, -0.1) is 0 Å². The highest BCUT2D eigenvalue weighted by Crippen LogP contribution is 2.27. The minimum atomic E-state index is -1.49. The van der Waals surface area contributed by atoms with Crippen LogP contribution in [0.5, 0.6) is 0 Å². The number of halogens is 1. The lowest BCUT2D eigenvalue weighted by Gasteiger charge is -2.06. The summed E-state index contributed by atoms with van der Waals surface area (Å²) in [5.74, 6) is -1.56. The monoisotopic (exact) mass is 355 g/mol. The number of carboxylic acids is 1. The molecule has 112 valence electrons. The third-order valence-corrected chi connectivity index (χ3v) is 3.59. The fraction of sp³-hybridized carbons (Fsp3) is 0.286. The molecule has 1 atom stereocenters. The van der Waals surface area contributed by atoms with E-state index in [0.717, 1.165) is 9.86 Å². The van der Waals surface area contributed by atoms with Crippen LogP contribution in [0.25, 0.3) is 11.0 Å². The fourth-order valence-corrected chi connectivity index (χ4v) is 2.30. The van der Waals surface area contributed by atoms with E-state index in [-0.39, 0.29) is 18.7 Å². The van der Waals surface area contributed by atoms with Gasteiger partial charge < -0.3 is 19.9 Å². The molecule has 6 nitrogen and oxygen atoms in total. The number of fused-ring (bicyclic) bond motifs is 1. The Kier molecular flexibility index (Phi) is 4.64. The van der Waals surface area contributed by atoms with Gasteiger partial charge in [0.2, 0.25) is 0 Å². The van der Waals surface area contributed by atoms with Crippen LogP contribution in [0.3, 0.4) is 0 Å². The third kappa shape index (κ3) is 3.43. The number of rotatable bonds is 5. The number of furan rings is 1. The number of benzene rings is 1. The Hall–Kier alpha value is -1.86. The SMILES string of the molecule is Cc1c(C(=O)NCCC(O)C(=O)O)oc2ccc(Br)cc12. The molecule has 3 N–H and O–H groups in total. The van der Waals surface area contributed by atoms with E-state index in [1.165, 1.54) is 0 Å². The van der Waals surface area contributed by atoms with E-state index < -0.39 is 18.0 Å². The average Bonchev–Trinajstić information content (AvgIpc) is 2.75. The van der Waals surface area contributed by atoms with Gasteiger partial charge in [-0.3, -0.25) is 4.79 Å². The van der Waals surface area contributed by atoms with E-state index >= 15 is 0 Å². The Morgan fingerprint density at radius 3 is 2.81 bits per heavy atom. The van der Waals surface area contributed by atoms with Gasteiger partial charge in [0.05, 0.1) is 0 Å². The van der Waals surface area contributed by atoms with E-state index in [1.807, 2.05) is 12.1 Å². The van der Waals surface area contributed by atoms with Crippen LogP contribution in [0, 0.1) is 6.92 Å². The normalized spacial score (nSPS) is 12.3. The van der Waals surface area contributed by atoms with Crippen molar-refractivity contribution in [2.24, 2.45) is 0 Å². The second-order valence-corrected chi connectivity index (χ2v) is 5.51. The fourth-order valence-electron chi connectivity index (χ4n) is 1.94. The minimum Gasteiger partial charge on any atom is -0.479 e. The minimum absolute atomic E-state index is 0.0481. The largest absolute Gasteiger partial charge is 0.479 e. The average molecular weight is 356 g/mol. The van der Waals surface area contributed by atoms with Crippen LogP contribution in [0.1, 0.15) is 22.5 Å². The number of aliphatic hydroxyl groups excluding tert-OH is 1. The highest BCUT2D eigenvalue weighted by molar-refractivity contribution is 9.10. The number of aryl methyl sites for hydroxylation is 1. The molecule has 1 amide bonds. The molecule has 0 spiro atoms. The predicted molar refractivity (Wildman–Crippen MR) is 79.2 cm³/mol. The van der Waals surface area contributed by atoms with Crippen molar-refractivity contribution >= 4 is 38.8 Å². The zero-order valence-corrected chi connectivity index (χ0v) is 12.8. The molecule has 1 heterocycles. The molecule has 0 saturated carbocycles. The number of carbonyl (C=O) groups excluding carboxylic acids is 1. The maximum atomic E-state index is 12.0. The molecule has 0 saturated heterocycles. The number of carbonyl (C=O) groups is 2. The van der Waals surface area contributed by atoms with Crippen LogP contribution in [0.2, 0.25) is 0 Å². The van der Waals surface area contributed by atoms with Crippen molar-refractivity contribution in [2.75, 3.05) is 6.54 Å². The molecule has 2 rings (SSSR count). The van der Waals surface area contributed by atoms with Crippen LogP contribution in [0.4, 0.5) is 0 Å². The number of nitrogens with one attached hydrogen (secondary N) is 1. The van der Waals surface area contributed by atoms with Gasteiger partial charge in [-0.25, -0.2) is 4.79 Å². The number of hydrogen-bond donors (Lipinski definition) is 3. The summed E-state index contributed by atoms with van der Waals surface area (Å²) >= 11 is 3.36. The predicted octanol–water partition coefficient (Wildman–Crippen LogP) is 2.07. The molecule has 21 heavy (non-hydrogen) atoms. The van der Waals surface area contributed by atoms with E-state index in [0.29, 0.717) is 11.1 Å². The summed E-state index contributed by atoms with van der Waals surface area (Å²) in [5.41, 5.74) is 1.31. The van der Waals surface area contributed by atoms with E-state index in [9.17, 15) is 9.59 Å². The van der Waals surface area contributed by atoms with Crippen molar-refractivity contribution in [1.82, 2.24) is 5.32 Å². The molecule has 0 aliphatic heterocycles. The van der Waals surface area contributed by atoms with Crippen molar-refractivity contribution in [1.29, 1.82) is 0 Å². The smallest absolute Gasteiger partial charge is 0.332 e. The zero-order valence-electron chi connectivity index (χ0n) is 11.2. The van der Waals surface area contributed by atoms with E-state index in [2.05, 4.69) is 21.2 Å². The van der Waals surface area contributed by atoms with Gasteiger partial charge in [-0.1, -0.05) is 15.9 Å². The molecule has 0 bridgehead atoms. The second-order valence-electron chi connectivity index (χ2n) is 4.60. The van der Waals surface area contributed by atoms with E-state index in [4.69, 9.17) is 14.6 Å². The second kappa shape index (κ2) is 6.28. The summed E-state index contributed by atoms with van der Waals surface area (Å²) in [7, 11) is 0. The summed E-state index contributed by atoms with van der Waals surface area (Å²) in [6.45, 7) is 1.83. The molecule has 0 radical (unpaired) electrons. The number of amides is 1. The molecule has 1 aromatic carbocycles. The number of aliphatic carboxylic acids is 1. The maximum Gasteiger partial charge on any atom is 0.332 e. The highest BCUT2D eigenvalue weighted by atomic mass is 79.9. The maximum absolute atomic E-state index is 12.0. The Balaban J connectivity index is 2.09. The Morgan fingerprint density at radius 2 is 2.14 bits per heavy atom. The van der Waals surface area contributed by atoms with Crippen LogP contribution in [-0.4, -0.2) is 34.7 Å². The first-order valence-corrected chi connectivity index (χ1v) is 7.07. The first kappa shape index (κ1) is 15.5. The summed E-state index contributed by atoms with van der Waals surface area (Å²) < 4.78 is 6.39.